The van der Waals surface area contributed by atoms with Gasteiger partial charge in [0.1, 0.15) is 11.6 Å². The average Bonchev–Trinajstić information content (AvgIpc) is 2.83. The molecule has 1 N–H and O–H groups in total. The van der Waals surface area contributed by atoms with Crippen molar-refractivity contribution in [2.45, 2.75) is 19.9 Å². The van der Waals surface area contributed by atoms with E-state index in [9.17, 15) is 13.6 Å². The largest absolute Gasteiger partial charge is 0.323 e. The van der Waals surface area contributed by atoms with Crippen LogP contribution in [0.25, 0.3) is 0 Å². The topological polar surface area (TPSA) is 48.5 Å². The SMILES string of the molecule is Cc1nc(CN2CCCN(C(=O)Nc3ccc(F)cc3F)CC2)cs1. The summed E-state index contributed by atoms with van der Waals surface area (Å²) in [6.45, 7) is 5.52. The van der Waals surface area contributed by atoms with Gasteiger partial charge in [-0.1, -0.05) is 0 Å². The van der Waals surface area contributed by atoms with Crippen molar-refractivity contribution in [2.75, 3.05) is 31.5 Å². The van der Waals surface area contributed by atoms with Gasteiger partial charge in [-0.2, -0.15) is 0 Å². The lowest BCUT2D eigenvalue weighted by Crippen LogP contribution is -2.38. The second-order valence-corrected chi connectivity index (χ2v) is 7.09. The molecule has 0 atom stereocenters. The molecule has 8 heteroatoms. The Bertz CT molecular complexity index is 752. The van der Waals surface area contributed by atoms with Crippen LogP contribution in [0.15, 0.2) is 23.6 Å². The zero-order chi connectivity index (χ0) is 17.8. The minimum atomic E-state index is -0.774. The highest BCUT2D eigenvalue weighted by Crippen LogP contribution is 2.17. The molecule has 1 aromatic heterocycles. The Labute approximate surface area is 149 Å². The molecule has 0 bridgehead atoms. The summed E-state index contributed by atoms with van der Waals surface area (Å²) in [4.78, 5) is 20.8. The van der Waals surface area contributed by atoms with Crippen LogP contribution in [0.5, 0.6) is 0 Å². The lowest BCUT2D eigenvalue weighted by atomic mass is 10.3. The van der Waals surface area contributed by atoms with Crippen LogP contribution in [0.1, 0.15) is 17.1 Å². The number of amides is 2. The molecule has 0 aliphatic carbocycles. The quantitative estimate of drug-likeness (QED) is 0.905. The number of nitrogens with one attached hydrogen (secondary N) is 1. The van der Waals surface area contributed by atoms with E-state index in [-0.39, 0.29) is 11.7 Å². The van der Waals surface area contributed by atoms with Crippen molar-refractivity contribution in [3.63, 3.8) is 0 Å². The first-order valence-corrected chi connectivity index (χ1v) is 9.03. The summed E-state index contributed by atoms with van der Waals surface area (Å²) in [5, 5.41) is 5.62. The normalized spacial score (nSPS) is 15.9. The molecule has 2 aromatic rings. The van der Waals surface area contributed by atoms with Crippen LogP contribution < -0.4 is 5.32 Å². The number of halogens is 2. The molecule has 2 heterocycles. The zero-order valence-corrected chi connectivity index (χ0v) is 14.8. The van der Waals surface area contributed by atoms with Crippen molar-refractivity contribution in [2.24, 2.45) is 0 Å². The molecule has 0 radical (unpaired) electrons. The lowest BCUT2D eigenvalue weighted by molar-refractivity contribution is 0.210. The van der Waals surface area contributed by atoms with Crippen LogP contribution >= 0.6 is 11.3 Å². The van der Waals surface area contributed by atoms with Gasteiger partial charge in [0.2, 0.25) is 0 Å². The Morgan fingerprint density at radius 3 is 2.84 bits per heavy atom. The van der Waals surface area contributed by atoms with E-state index in [0.29, 0.717) is 13.1 Å². The third-order valence-corrected chi connectivity index (χ3v) is 4.92. The number of carbonyl (C=O) groups is 1. The van der Waals surface area contributed by atoms with E-state index < -0.39 is 11.6 Å². The minimum Gasteiger partial charge on any atom is -0.323 e. The molecular formula is C17H20F2N4OS. The van der Waals surface area contributed by atoms with Gasteiger partial charge in [0.15, 0.2) is 0 Å². The van der Waals surface area contributed by atoms with Gasteiger partial charge in [0, 0.05) is 44.2 Å². The molecular weight excluding hydrogens is 346 g/mol. The predicted molar refractivity (Wildman–Crippen MR) is 93.7 cm³/mol. The molecule has 0 unspecified atom stereocenters. The van der Waals surface area contributed by atoms with Crippen molar-refractivity contribution < 1.29 is 13.6 Å². The summed E-state index contributed by atoms with van der Waals surface area (Å²) in [6.07, 6.45) is 0.836. The number of hydrogen-bond acceptors (Lipinski definition) is 4. The summed E-state index contributed by atoms with van der Waals surface area (Å²) >= 11 is 1.63. The molecule has 1 fully saturated rings. The number of nitrogens with zero attached hydrogens (tertiary/aromatic N) is 3. The van der Waals surface area contributed by atoms with Crippen molar-refractivity contribution in [1.82, 2.24) is 14.8 Å². The van der Waals surface area contributed by atoms with E-state index in [0.717, 1.165) is 48.9 Å². The molecule has 1 aromatic carbocycles. The highest BCUT2D eigenvalue weighted by atomic mass is 32.1. The monoisotopic (exact) mass is 366 g/mol. The molecule has 2 amide bonds. The number of thiazole rings is 1. The molecule has 134 valence electrons. The number of anilines is 1. The number of benzene rings is 1. The van der Waals surface area contributed by atoms with Gasteiger partial charge in [-0.15, -0.1) is 11.3 Å². The Balaban J connectivity index is 1.55. The van der Waals surface area contributed by atoms with Crippen LogP contribution in [0.2, 0.25) is 0 Å². The fourth-order valence-electron chi connectivity index (χ4n) is 2.83. The van der Waals surface area contributed by atoms with Crippen molar-refractivity contribution in [3.05, 3.63) is 45.9 Å². The predicted octanol–water partition coefficient (Wildman–Crippen LogP) is 3.47. The first kappa shape index (κ1) is 17.8. The second kappa shape index (κ2) is 7.88. The first-order chi connectivity index (χ1) is 12.0. The fourth-order valence-corrected chi connectivity index (χ4v) is 3.43. The van der Waals surface area contributed by atoms with E-state index in [1.807, 2.05) is 6.92 Å². The molecule has 25 heavy (non-hydrogen) atoms. The summed E-state index contributed by atoms with van der Waals surface area (Å²) in [7, 11) is 0. The minimum absolute atomic E-state index is 0.00884. The third-order valence-electron chi connectivity index (χ3n) is 4.10. The van der Waals surface area contributed by atoms with Gasteiger partial charge in [0.25, 0.3) is 0 Å². The highest BCUT2D eigenvalue weighted by Gasteiger charge is 2.20. The number of urea groups is 1. The molecule has 3 rings (SSSR count). The van der Waals surface area contributed by atoms with E-state index in [2.05, 4.69) is 20.6 Å². The van der Waals surface area contributed by atoms with Crippen LogP contribution in [-0.2, 0) is 6.54 Å². The van der Waals surface area contributed by atoms with Gasteiger partial charge in [-0.25, -0.2) is 18.6 Å². The molecule has 0 spiro atoms. The number of aromatic nitrogens is 1. The standard InChI is InChI=1S/C17H20F2N4OS/c1-12-20-14(11-25-12)10-22-5-2-6-23(8-7-22)17(24)21-16-4-3-13(18)9-15(16)19/h3-4,9,11H,2,5-8,10H2,1H3,(H,21,24). The number of hydrogen-bond donors (Lipinski definition) is 1. The van der Waals surface area contributed by atoms with Gasteiger partial charge in [-0.3, -0.25) is 4.90 Å². The van der Waals surface area contributed by atoms with Crippen LogP contribution in [-0.4, -0.2) is 47.0 Å². The van der Waals surface area contributed by atoms with E-state index in [1.54, 1.807) is 16.2 Å². The Kier molecular flexibility index (Phi) is 5.60. The number of rotatable bonds is 3. The van der Waals surface area contributed by atoms with Gasteiger partial charge in [0.05, 0.1) is 16.4 Å². The maximum Gasteiger partial charge on any atom is 0.321 e. The van der Waals surface area contributed by atoms with Gasteiger partial charge >= 0.3 is 6.03 Å². The summed E-state index contributed by atoms with van der Waals surface area (Å²) < 4.78 is 26.6. The lowest BCUT2D eigenvalue weighted by Gasteiger charge is -2.22. The van der Waals surface area contributed by atoms with Crippen molar-refractivity contribution >= 4 is 23.1 Å². The molecule has 1 saturated heterocycles. The van der Waals surface area contributed by atoms with Crippen molar-refractivity contribution in [1.29, 1.82) is 0 Å². The zero-order valence-electron chi connectivity index (χ0n) is 14.0. The molecule has 1 aliphatic rings. The number of aryl methyl sites for hydroxylation is 1. The van der Waals surface area contributed by atoms with E-state index in [1.165, 1.54) is 6.07 Å². The Hall–Kier alpha value is -2.06. The highest BCUT2D eigenvalue weighted by molar-refractivity contribution is 7.09. The summed E-state index contributed by atoms with van der Waals surface area (Å²) in [6, 6.07) is 2.75. The third kappa shape index (κ3) is 4.73. The Morgan fingerprint density at radius 2 is 2.12 bits per heavy atom. The van der Waals surface area contributed by atoms with Crippen molar-refractivity contribution in [3.8, 4) is 0 Å². The van der Waals surface area contributed by atoms with Gasteiger partial charge in [-0.05, 0) is 25.5 Å². The van der Waals surface area contributed by atoms with Crippen LogP contribution in [0.3, 0.4) is 0 Å². The molecule has 5 nitrogen and oxygen atoms in total. The average molecular weight is 366 g/mol. The fraction of sp³-hybridized carbons (Fsp3) is 0.412. The number of carbonyl (C=O) groups excluding carboxylic acids is 1. The maximum atomic E-state index is 13.7. The second-order valence-electron chi connectivity index (χ2n) is 6.03. The summed E-state index contributed by atoms with van der Waals surface area (Å²) in [5.41, 5.74) is 1.04. The van der Waals surface area contributed by atoms with E-state index in [4.69, 9.17) is 0 Å². The smallest absolute Gasteiger partial charge is 0.321 e. The molecule has 0 saturated carbocycles. The first-order valence-electron chi connectivity index (χ1n) is 8.15. The van der Waals surface area contributed by atoms with Crippen LogP contribution in [0.4, 0.5) is 19.3 Å². The van der Waals surface area contributed by atoms with Gasteiger partial charge < -0.3 is 10.2 Å². The van der Waals surface area contributed by atoms with Crippen LogP contribution in [0, 0.1) is 18.6 Å². The Morgan fingerprint density at radius 1 is 1.28 bits per heavy atom. The summed E-state index contributed by atoms with van der Waals surface area (Å²) in [5.74, 6) is -1.44. The molecule has 1 aliphatic heterocycles. The maximum absolute atomic E-state index is 13.7. The van der Waals surface area contributed by atoms with E-state index >= 15 is 0 Å².